The average molecular weight is 263 g/mol. The molecule has 0 bridgehead atoms. The number of benzene rings is 1. The van der Waals surface area contributed by atoms with E-state index in [1.807, 2.05) is 57.1 Å². The van der Waals surface area contributed by atoms with E-state index >= 15 is 0 Å². The lowest BCUT2D eigenvalue weighted by Gasteiger charge is -2.25. The van der Waals surface area contributed by atoms with Gasteiger partial charge in [-0.2, -0.15) is 0 Å². The molecule has 0 unspecified atom stereocenters. The van der Waals surface area contributed by atoms with E-state index in [1.54, 1.807) is 0 Å². The lowest BCUT2D eigenvalue weighted by Crippen LogP contribution is -2.52. The molecule has 0 saturated heterocycles. The minimum Gasteiger partial charge on any atom is -0.378 e. The second-order valence-electron chi connectivity index (χ2n) is 5.11. The van der Waals surface area contributed by atoms with Gasteiger partial charge >= 0.3 is 0 Å². The van der Waals surface area contributed by atoms with E-state index in [0.29, 0.717) is 19.4 Å². The van der Waals surface area contributed by atoms with Crippen LogP contribution in [0.4, 0.5) is 5.69 Å². The molecule has 106 valence electrons. The summed E-state index contributed by atoms with van der Waals surface area (Å²) in [4.78, 5) is 14.1. The summed E-state index contributed by atoms with van der Waals surface area (Å²) >= 11 is 0. The fourth-order valence-corrected chi connectivity index (χ4v) is 1.84. The van der Waals surface area contributed by atoms with E-state index in [9.17, 15) is 4.79 Å². The van der Waals surface area contributed by atoms with Crippen molar-refractivity contribution in [2.75, 3.05) is 19.0 Å². The fourth-order valence-electron chi connectivity index (χ4n) is 1.84. The average Bonchev–Trinajstić information content (AvgIpc) is 2.44. The molecule has 0 heterocycles. The van der Waals surface area contributed by atoms with Crippen LogP contribution in [-0.2, 0) is 11.3 Å². The summed E-state index contributed by atoms with van der Waals surface area (Å²) in [7, 11) is 4.00. The molecular weight excluding hydrogens is 238 g/mol. The molecule has 0 aliphatic heterocycles. The number of carbonyl (C=O) groups excluding carboxylic acids is 1. The second-order valence-corrected chi connectivity index (χ2v) is 5.11. The van der Waals surface area contributed by atoms with Crippen LogP contribution in [0.2, 0.25) is 0 Å². The van der Waals surface area contributed by atoms with Crippen molar-refractivity contribution in [3.63, 3.8) is 0 Å². The smallest absolute Gasteiger partial charge is 0.240 e. The van der Waals surface area contributed by atoms with Crippen LogP contribution in [0.25, 0.3) is 0 Å². The normalized spacial score (nSPS) is 11.2. The van der Waals surface area contributed by atoms with Crippen LogP contribution in [0, 0.1) is 0 Å². The van der Waals surface area contributed by atoms with E-state index < -0.39 is 5.54 Å². The first-order valence-electron chi connectivity index (χ1n) is 6.76. The maximum absolute atomic E-state index is 12.0. The van der Waals surface area contributed by atoms with Gasteiger partial charge in [0.05, 0.1) is 5.54 Å². The third-order valence-corrected chi connectivity index (χ3v) is 3.62. The highest BCUT2D eigenvalue weighted by atomic mass is 16.2. The number of rotatable bonds is 6. The molecule has 0 radical (unpaired) electrons. The van der Waals surface area contributed by atoms with Crippen molar-refractivity contribution in [2.45, 2.75) is 38.8 Å². The Bertz CT molecular complexity index is 408. The molecule has 4 nitrogen and oxygen atoms in total. The number of hydrogen-bond donors (Lipinski definition) is 2. The minimum absolute atomic E-state index is 0.0748. The SMILES string of the molecule is CCC(N)(CC)C(=O)NCc1ccc(N(C)C)cc1. The van der Waals surface area contributed by atoms with Gasteiger partial charge in [-0.05, 0) is 30.5 Å². The van der Waals surface area contributed by atoms with Crippen molar-refractivity contribution in [3.8, 4) is 0 Å². The molecule has 0 aliphatic rings. The zero-order valence-electron chi connectivity index (χ0n) is 12.4. The number of nitrogens with one attached hydrogen (secondary N) is 1. The zero-order valence-corrected chi connectivity index (χ0v) is 12.4. The van der Waals surface area contributed by atoms with Gasteiger partial charge in [0.25, 0.3) is 0 Å². The summed E-state index contributed by atoms with van der Waals surface area (Å²) in [5.74, 6) is -0.0748. The van der Waals surface area contributed by atoms with Gasteiger partial charge in [-0.15, -0.1) is 0 Å². The van der Waals surface area contributed by atoms with Crippen molar-refractivity contribution in [2.24, 2.45) is 5.73 Å². The maximum Gasteiger partial charge on any atom is 0.240 e. The monoisotopic (exact) mass is 263 g/mol. The first kappa shape index (κ1) is 15.5. The largest absolute Gasteiger partial charge is 0.378 e. The van der Waals surface area contributed by atoms with E-state index in [0.717, 1.165) is 11.3 Å². The Morgan fingerprint density at radius 3 is 2.16 bits per heavy atom. The van der Waals surface area contributed by atoms with Crippen molar-refractivity contribution < 1.29 is 4.79 Å². The summed E-state index contributed by atoms with van der Waals surface area (Å²) < 4.78 is 0. The van der Waals surface area contributed by atoms with E-state index in [-0.39, 0.29) is 5.91 Å². The van der Waals surface area contributed by atoms with Crippen LogP contribution >= 0.6 is 0 Å². The van der Waals surface area contributed by atoms with Crippen LogP contribution in [0.1, 0.15) is 32.3 Å². The predicted octanol–water partition coefficient (Wildman–Crippen LogP) is 1.89. The lowest BCUT2D eigenvalue weighted by atomic mass is 9.93. The number of carbonyl (C=O) groups is 1. The number of hydrogen-bond acceptors (Lipinski definition) is 3. The molecule has 0 aliphatic carbocycles. The van der Waals surface area contributed by atoms with Crippen LogP contribution in [-0.4, -0.2) is 25.5 Å². The molecule has 0 atom stereocenters. The van der Waals surface area contributed by atoms with E-state index in [2.05, 4.69) is 5.32 Å². The molecule has 3 N–H and O–H groups in total. The first-order valence-corrected chi connectivity index (χ1v) is 6.76. The number of nitrogens with two attached hydrogens (primary N) is 1. The van der Waals surface area contributed by atoms with Gasteiger partial charge in [-0.3, -0.25) is 4.79 Å². The van der Waals surface area contributed by atoms with Gasteiger partial charge in [0.2, 0.25) is 5.91 Å². The van der Waals surface area contributed by atoms with Crippen molar-refractivity contribution in [1.29, 1.82) is 0 Å². The van der Waals surface area contributed by atoms with Crippen molar-refractivity contribution in [3.05, 3.63) is 29.8 Å². The van der Waals surface area contributed by atoms with Gasteiger partial charge in [0.1, 0.15) is 0 Å². The number of nitrogens with zero attached hydrogens (tertiary/aromatic N) is 1. The molecule has 1 rings (SSSR count). The Hall–Kier alpha value is -1.55. The van der Waals surface area contributed by atoms with Crippen LogP contribution in [0.15, 0.2) is 24.3 Å². The lowest BCUT2D eigenvalue weighted by molar-refractivity contribution is -0.126. The summed E-state index contributed by atoms with van der Waals surface area (Å²) in [6.45, 7) is 4.40. The van der Waals surface area contributed by atoms with Gasteiger partial charge < -0.3 is 16.0 Å². The molecule has 0 fully saturated rings. The highest BCUT2D eigenvalue weighted by molar-refractivity contribution is 5.85. The third-order valence-electron chi connectivity index (χ3n) is 3.62. The standard InChI is InChI=1S/C15H25N3O/c1-5-15(16,6-2)14(19)17-11-12-7-9-13(10-8-12)18(3)4/h7-10H,5-6,11,16H2,1-4H3,(H,17,19). The Morgan fingerprint density at radius 2 is 1.74 bits per heavy atom. The van der Waals surface area contributed by atoms with Gasteiger partial charge in [0.15, 0.2) is 0 Å². The molecule has 1 amide bonds. The maximum atomic E-state index is 12.0. The van der Waals surface area contributed by atoms with Gasteiger partial charge in [-0.1, -0.05) is 26.0 Å². The number of anilines is 1. The molecule has 0 saturated carbocycles. The summed E-state index contributed by atoms with van der Waals surface area (Å²) in [6.07, 6.45) is 1.30. The molecule has 4 heteroatoms. The van der Waals surface area contributed by atoms with Crippen LogP contribution in [0.5, 0.6) is 0 Å². The highest BCUT2D eigenvalue weighted by Crippen LogP contribution is 2.14. The molecule has 0 aromatic heterocycles. The topological polar surface area (TPSA) is 58.4 Å². The Labute approximate surface area is 116 Å². The zero-order chi connectivity index (χ0) is 14.5. The van der Waals surface area contributed by atoms with Gasteiger partial charge in [-0.25, -0.2) is 0 Å². The highest BCUT2D eigenvalue weighted by Gasteiger charge is 2.29. The predicted molar refractivity (Wildman–Crippen MR) is 80.1 cm³/mol. The molecule has 1 aromatic carbocycles. The van der Waals surface area contributed by atoms with Crippen molar-refractivity contribution in [1.82, 2.24) is 5.32 Å². The molecule has 0 spiro atoms. The number of amides is 1. The summed E-state index contributed by atoms with van der Waals surface area (Å²) in [6, 6.07) is 8.12. The Morgan fingerprint density at radius 1 is 1.21 bits per heavy atom. The fraction of sp³-hybridized carbons (Fsp3) is 0.533. The molecule has 1 aromatic rings. The third kappa shape index (κ3) is 3.96. The van der Waals surface area contributed by atoms with Gasteiger partial charge in [0, 0.05) is 26.3 Å². The Kier molecular flexibility index (Phi) is 5.36. The van der Waals surface area contributed by atoms with E-state index in [4.69, 9.17) is 5.73 Å². The molecular formula is C15H25N3O. The molecule has 19 heavy (non-hydrogen) atoms. The summed E-state index contributed by atoms with van der Waals surface area (Å²) in [5.41, 5.74) is 7.52. The minimum atomic E-state index is -0.746. The van der Waals surface area contributed by atoms with Crippen molar-refractivity contribution >= 4 is 11.6 Å². The second kappa shape index (κ2) is 6.57. The quantitative estimate of drug-likeness (QED) is 0.824. The summed E-state index contributed by atoms with van der Waals surface area (Å²) in [5, 5.41) is 2.91. The first-order chi connectivity index (χ1) is 8.92. The van der Waals surface area contributed by atoms with Crippen LogP contribution in [0.3, 0.4) is 0 Å². The Balaban J connectivity index is 2.60. The van der Waals surface area contributed by atoms with Crippen LogP contribution < -0.4 is 16.0 Å². The van der Waals surface area contributed by atoms with E-state index in [1.165, 1.54) is 0 Å².